The molecule has 3 aromatic heterocycles. The molecule has 0 spiro atoms. The van der Waals surface area contributed by atoms with E-state index in [4.69, 9.17) is 0 Å². The minimum absolute atomic E-state index is 0.0530. The minimum atomic E-state index is -0.825. The van der Waals surface area contributed by atoms with Crippen molar-refractivity contribution >= 4 is 44.7 Å². The highest BCUT2D eigenvalue weighted by atomic mass is 32.2. The summed E-state index contributed by atoms with van der Waals surface area (Å²) in [5, 5.41) is 15.2. The van der Waals surface area contributed by atoms with Gasteiger partial charge in [0.15, 0.2) is 5.16 Å². The maximum absolute atomic E-state index is 13.1. The number of hydrogen-bond donors (Lipinski definition) is 1. The summed E-state index contributed by atoms with van der Waals surface area (Å²) in [5.74, 6) is 0.464. The van der Waals surface area contributed by atoms with E-state index in [1.54, 1.807) is 35.8 Å². The average molecular weight is 379 g/mol. The zero-order valence-electron chi connectivity index (χ0n) is 13.5. The van der Waals surface area contributed by atoms with Crippen molar-refractivity contribution in [2.75, 3.05) is 5.75 Å². The second kappa shape index (κ2) is 6.84. The van der Waals surface area contributed by atoms with Crippen LogP contribution in [0.15, 0.2) is 45.5 Å². The lowest BCUT2D eigenvalue weighted by molar-refractivity contribution is 0.107. The summed E-state index contributed by atoms with van der Waals surface area (Å²) in [4.78, 5) is 19.5. The first-order valence-electron chi connectivity index (χ1n) is 7.42. The summed E-state index contributed by atoms with van der Waals surface area (Å²) >= 11 is 4.49. The van der Waals surface area contributed by atoms with E-state index in [-0.39, 0.29) is 5.56 Å². The van der Waals surface area contributed by atoms with Crippen LogP contribution in [0.25, 0.3) is 20.7 Å². The van der Waals surface area contributed by atoms with Crippen LogP contribution in [0.5, 0.6) is 0 Å². The molecule has 0 aromatic carbocycles. The molecule has 0 aliphatic heterocycles. The van der Waals surface area contributed by atoms with Gasteiger partial charge in [-0.15, -0.1) is 29.3 Å². The van der Waals surface area contributed by atoms with E-state index in [1.165, 1.54) is 23.1 Å². The molecule has 0 radical (unpaired) electrons. The number of nitrogens with zero attached hydrogens (tertiary/aromatic N) is 2. The zero-order chi connectivity index (χ0) is 17.3. The van der Waals surface area contributed by atoms with E-state index >= 15 is 0 Å². The molecule has 0 atom stereocenters. The third-order valence-electron chi connectivity index (χ3n) is 3.31. The van der Waals surface area contributed by atoms with E-state index in [0.29, 0.717) is 22.8 Å². The van der Waals surface area contributed by atoms with Crippen LogP contribution >= 0.6 is 34.4 Å². The molecule has 0 aliphatic carbocycles. The van der Waals surface area contributed by atoms with Gasteiger partial charge in [0.05, 0.1) is 11.0 Å². The van der Waals surface area contributed by atoms with E-state index in [0.717, 1.165) is 15.3 Å². The molecular weight excluding hydrogens is 360 g/mol. The van der Waals surface area contributed by atoms with Crippen LogP contribution in [0.2, 0.25) is 0 Å². The molecule has 24 heavy (non-hydrogen) atoms. The number of hydrogen-bond acceptors (Lipinski definition) is 6. The third kappa shape index (κ3) is 3.49. The fraction of sp³-hybridized carbons (Fsp3) is 0.294. The minimum Gasteiger partial charge on any atom is -0.390 e. The van der Waals surface area contributed by atoms with Gasteiger partial charge in [0, 0.05) is 28.1 Å². The van der Waals surface area contributed by atoms with Gasteiger partial charge in [-0.25, -0.2) is 4.98 Å². The quantitative estimate of drug-likeness (QED) is 0.396. The van der Waals surface area contributed by atoms with Crippen LogP contribution in [0, 0.1) is 0 Å². The first-order chi connectivity index (χ1) is 11.4. The Morgan fingerprint density at radius 1 is 1.46 bits per heavy atom. The normalized spacial score (nSPS) is 12.0. The second-order valence-electron chi connectivity index (χ2n) is 6.01. The van der Waals surface area contributed by atoms with Crippen molar-refractivity contribution in [1.29, 1.82) is 0 Å². The third-order valence-corrected chi connectivity index (χ3v) is 6.51. The molecule has 3 rings (SSSR count). The maximum atomic E-state index is 13.1. The summed E-state index contributed by atoms with van der Waals surface area (Å²) in [6.07, 6.45) is 1.69. The Kier molecular flexibility index (Phi) is 4.96. The summed E-state index contributed by atoms with van der Waals surface area (Å²) in [6.45, 7) is 7.63. The molecule has 0 saturated carbocycles. The van der Waals surface area contributed by atoms with Gasteiger partial charge in [-0.2, -0.15) is 0 Å². The van der Waals surface area contributed by atoms with Crippen LogP contribution in [0.4, 0.5) is 0 Å². The van der Waals surface area contributed by atoms with Crippen LogP contribution in [-0.4, -0.2) is 26.0 Å². The first kappa shape index (κ1) is 17.4. The van der Waals surface area contributed by atoms with Gasteiger partial charge in [-0.05, 0) is 25.3 Å². The molecule has 3 aromatic rings. The van der Waals surface area contributed by atoms with E-state index in [9.17, 15) is 9.90 Å². The van der Waals surface area contributed by atoms with Gasteiger partial charge in [-0.3, -0.25) is 9.36 Å². The number of thioether (sulfide) groups is 1. The predicted octanol–water partition coefficient (Wildman–Crippen LogP) is 4.24. The molecule has 4 nitrogen and oxygen atoms in total. The molecule has 0 saturated heterocycles. The SMILES string of the molecule is C=CCn1c(SCC(C)(C)O)nc2scc(-c3cccs3)c2c1=O. The maximum Gasteiger partial charge on any atom is 0.263 e. The van der Waals surface area contributed by atoms with E-state index in [2.05, 4.69) is 11.6 Å². The molecule has 0 amide bonds. The standard InChI is InChI=1S/C17H18N2O2S3/c1-4-7-19-15(20)13-11(12-6-5-8-22-12)9-23-14(13)18-16(19)24-10-17(2,3)21/h4-6,8-9,21H,1,7,10H2,2-3H3. The van der Waals surface area contributed by atoms with Gasteiger partial charge < -0.3 is 5.11 Å². The average Bonchev–Trinajstić information content (AvgIpc) is 3.16. The highest BCUT2D eigenvalue weighted by Gasteiger charge is 2.20. The Morgan fingerprint density at radius 2 is 2.25 bits per heavy atom. The van der Waals surface area contributed by atoms with Crippen molar-refractivity contribution in [2.45, 2.75) is 31.1 Å². The fourth-order valence-corrected chi connectivity index (χ4v) is 5.02. The second-order valence-corrected chi connectivity index (χ2v) is 8.76. The molecule has 0 unspecified atom stereocenters. The monoisotopic (exact) mass is 378 g/mol. The molecule has 3 heterocycles. The molecule has 1 N–H and O–H groups in total. The van der Waals surface area contributed by atoms with Crippen LogP contribution in [0.1, 0.15) is 13.8 Å². The molecule has 0 aliphatic rings. The number of aromatic nitrogens is 2. The molecular formula is C17H18N2O2S3. The summed E-state index contributed by atoms with van der Waals surface area (Å²) < 4.78 is 1.63. The lowest BCUT2D eigenvalue weighted by atomic mass is 10.2. The Balaban J connectivity index is 2.15. The molecule has 7 heteroatoms. The van der Waals surface area contributed by atoms with Gasteiger partial charge in [0.25, 0.3) is 5.56 Å². The number of fused-ring (bicyclic) bond motifs is 1. The Labute approximate surface area is 152 Å². The number of allylic oxidation sites excluding steroid dienone is 1. The zero-order valence-corrected chi connectivity index (χ0v) is 15.9. The first-order valence-corrected chi connectivity index (χ1v) is 10.2. The van der Waals surface area contributed by atoms with Crippen molar-refractivity contribution in [2.24, 2.45) is 0 Å². The highest BCUT2D eigenvalue weighted by molar-refractivity contribution is 7.99. The summed E-state index contributed by atoms with van der Waals surface area (Å²) in [6, 6.07) is 3.99. The highest BCUT2D eigenvalue weighted by Crippen LogP contribution is 2.34. The Morgan fingerprint density at radius 3 is 2.88 bits per heavy atom. The molecule has 126 valence electrons. The lowest BCUT2D eigenvalue weighted by Crippen LogP contribution is -2.25. The van der Waals surface area contributed by atoms with Crippen molar-refractivity contribution in [1.82, 2.24) is 9.55 Å². The molecule has 0 bridgehead atoms. The van der Waals surface area contributed by atoms with Gasteiger partial charge in [-0.1, -0.05) is 23.9 Å². The largest absolute Gasteiger partial charge is 0.390 e. The Hall–Kier alpha value is -1.41. The van der Waals surface area contributed by atoms with Gasteiger partial charge >= 0.3 is 0 Å². The van der Waals surface area contributed by atoms with Crippen LogP contribution in [-0.2, 0) is 6.54 Å². The van der Waals surface area contributed by atoms with Gasteiger partial charge in [0.2, 0.25) is 0 Å². The van der Waals surface area contributed by atoms with Crippen molar-refractivity contribution < 1.29 is 5.11 Å². The lowest BCUT2D eigenvalue weighted by Gasteiger charge is -2.17. The Bertz CT molecular complexity index is 918. The fourth-order valence-electron chi connectivity index (χ4n) is 2.26. The predicted molar refractivity (Wildman–Crippen MR) is 104 cm³/mol. The number of rotatable bonds is 6. The van der Waals surface area contributed by atoms with E-state index < -0.39 is 5.60 Å². The molecule has 0 fully saturated rings. The number of thiophene rings is 2. The van der Waals surface area contributed by atoms with Crippen LogP contribution in [0.3, 0.4) is 0 Å². The van der Waals surface area contributed by atoms with Gasteiger partial charge in [0.1, 0.15) is 4.83 Å². The van der Waals surface area contributed by atoms with Crippen molar-refractivity contribution in [3.05, 3.63) is 45.9 Å². The van der Waals surface area contributed by atoms with Crippen LogP contribution < -0.4 is 5.56 Å². The number of aliphatic hydroxyl groups is 1. The smallest absolute Gasteiger partial charge is 0.263 e. The van der Waals surface area contributed by atoms with E-state index in [1.807, 2.05) is 22.9 Å². The van der Waals surface area contributed by atoms with Crippen molar-refractivity contribution in [3.8, 4) is 10.4 Å². The van der Waals surface area contributed by atoms with Crippen molar-refractivity contribution in [3.63, 3.8) is 0 Å². The summed E-state index contributed by atoms with van der Waals surface area (Å²) in [7, 11) is 0. The summed E-state index contributed by atoms with van der Waals surface area (Å²) in [5.41, 5.74) is 0.0654. The topological polar surface area (TPSA) is 55.1 Å².